The number of esters is 1. The van der Waals surface area contributed by atoms with Gasteiger partial charge in [0.2, 0.25) is 0 Å². The van der Waals surface area contributed by atoms with Gasteiger partial charge in [0.25, 0.3) is 5.56 Å². The summed E-state index contributed by atoms with van der Waals surface area (Å²) in [4.78, 5) is 43.5. The molecule has 2 aromatic heterocycles. The largest absolute Gasteiger partial charge is 0.493 e. The summed E-state index contributed by atoms with van der Waals surface area (Å²) >= 11 is 0. The summed E-state index contributed by atoms with van der Waals surface area (Å²) in [5.41, 5.74) is 0.0962. The Kier molecular flexibility index (Phi) is 7.87. The van der Waals surface area contributed by atoms with Crippen LogP contribution in [0.4, 0.5) is 0 Å². The molecule has 34 heavy (non-hydrogen) atoms. The first kappa shape index (κ1) is 24.3. The number of H-pyrrole nitrogens is 1. The Morgan fingerprint density at radius 1 is 1.29 bits per heavy atom. The van der Waals surface area contributed by atoms with Gasteiger partial charge in [-0.25, -0.2) is 14.6 Å². The number of imidazole rings is 1. The van der Waals surface area contributed by atoms with E-state index in [1.54, 1.807) is 31.3 Å². The molecule has 0 aliphatic heterocycles. The minimum Gasteiger partial charge on any atom is -0.493 e. The van der Waals surface area contributed by atoms with Gasteiger partial charge in [-0.2, -0.15) is 5.26 Å². The van der Waals surface area contributed by atoms with Crippen molar-refractivity contribution >= 4 is 23.2 Å². The molecule has 0 aliphatic carbocycles. The van der Waals surface area contributed by atoms with Gasteiger partial charge in [-0.3, -0.25) is 14.3 Å². The van der Waals surface area contributed by atoms with Crippen LogP contribution in [0.5, 0.6) is 11.5 Å². The lowest BCUT2D eigenvalue weighted by Gasteiger charge is -2.08. The smallest absolute Gasteiger partial charge is 0.331 e. The van der Waals surface area contributed by atoms with Gasteiger partial charge in [0.05, 0.1) is 7.11 Å². The number of nitrogens with zero attached hydrogens (tertiary/aromatic N) is 4. The van der Waals surface area contributed by atoms with Crippen LogP contribution in [-0.2, 0) is 29.7 Å². The predicted molar refractivity (Wildman–Crippen MR) is 123 cm³/mol. The SMILES string of the molecule is CCCCn1c(=O)[nH]c(=O)c2c1nc(COC(=O)/C=C/c1ccc(OCC#N)c(OC)c1)n2C. The van der Waals surface area contributed by atoms with Crippen LogP contribution >= 0.6 is 0 Å². The summed E-state index contributed by atoms with van der Waals surface area (Å²) in [7, 11) is 3.10. The first-order chi connectivity index (χ1) is 16.4. The number of nitriles is 1. The average molecular weight is 467 g/mol. The monoisotopic (exact) mass is 467 g/mol. The third-order valence-corrected chi connectivity index (χ3v) is 5.08. The molecule has 11 nitrogen and oxygen atoms in total. The van der Waals surface area contributed by atoms with E-state index >= 15 is 0 Å². The average Bonchev–Trinajstić information content (AvgIpc) is 3.16. The normalized spacial score (nSPS) is 11.0. The van der Waals surface area contributed by atoms with Crippen LogP contribution in [-0.4, -0.2) is 38.8 Å². The fourth-order valence-corrected chi connectivity index (χ4v) is 3.31. The molecule has 0 aliphatic rings. The lowest BCUT2D eigenvalue weighted by Crippen LogP contribution is -2.31. The number of ether oxygens (including phenoxy) is 3. The van der Waals surface area contributed by atoms with Crippen molar-refractivity contribution in [1.82, 2.24) is 19.1 Å². The molecule has 3 aromatic rings. The van der Waals surface area contributed by atoms with E-state index < -0.39 is 17.2 Å². The molecule has 11 heteroatoms. The number of fused-ring (bicyclic) bond motifs is 1. The number of methoxy groups -OCH3 is 1. The molecule has 0 spiro atoms. The van der Waals surface area contributed by atoms with Crippen molar-refractivity contribution in [2.45, 2.75) is 32.9 Å². The maximum Gasteiger partial charge on any atom is 0.331 e. The van der Waals surface area contributed by atoms with E-state index in [0.29, 0.717) is 29.4 Å². The van der Waals surface area contributed by atoms with E-state index in [2.05, 4.69) is 9.97 Å². The number of carbonyl (C=O) groups excluding carboxylic acids is 1. The number of rotatable bonds is 10. The Morgan fingerprint density at radius 3 is 2.79 bits per heavy atom. The molecule has 0 fully saturated rings. The maximum atomic E-state index is 12.3. The molecule has 0 amide bonds. The highest BCUT2D eigenvalue weighted by atomic mass is 16.5. The van der Waals surface area contributed by atoms with Gasteiger partial charge in [0, 0.05) is 19.7 Å². The second-order valence-corrected chi connectivity index (χ2v) is 7.32. The van der Waals surface area contributed by atoms with Crippen LogP contribution in [0.3, 0.4) is 0 Å². The second-order valence-electron chi connectivity index (χ2n) is 7.32. The molecular weight excluding hydrogens is 442 g/mol. The highest BCUT2D eigenvalue weighted by molar-refractivity contribution is 5.87. The van der Waals surface area contributed by atoms with Crippen LogP contribution in [0.2, 0.25) is 0 Å². The summed E-state index contributed by atoms with van der Waals surface area (Å²) in [6.45, 7) is 2.13. The number of unbranched alkanes of at least 4 members (excludes halogenated alkanes) is 1. The van der Waals surface area contributed by atoms with E-state index in [0.717, 1.165) is 12.8 Å². The standard InChI is InChI=1S/C23H25N5O6/c1-4-5-11-28-21-20(22(30)26-23(28)31)27(2)18(25-21)14-34-19(29)9-7-15-6-8-16(33-12-10-24)17(13-15)32-3/h6-9,13H,4-5,11-12,14H2,1-3H3,(H,26,30,31)/b9-7+. The molecule has 0 unspecified atom stereocenters. The van der Waals surface area contributed by atoms with Crippen molar-refractivity contribution < 1.29 is 19.0 Å². The van der Waals surface area contributed by atoms with Crippen molar-refractivity contribution in [2.75, 3.05) is 13.7 Å². The zero-order valence-electron chi connectivity index (χ0n) is 19.2. The third kappa shape index (κ3) is 5.35. The summed E-state index contributed by atoms with van der Waals surface area (Å²) in [6, 6.07) is 6.88. The topological polar surface area (TPSA) is 141 Å². The van der Waals surface area contributed by atoms with Gasteiger partial charge in [-0.1, -0.05) is 19.4 Å². The minimum absolute atomic E-state index is 0.110. The van der Waals surface area contributed by atoms with E-state index in [4.69, 9.17) is 19.5 Å². The molecule has 0 bridgehead atoms. The zero-order valence-corrected chi connectivity index (χ0v) is 19.2. The lowest BCUT2D eigenvalue weighted by molar-refractivity contribution is -0.139. The number of aryl methyl sites for hydroxylation is 2. The summed E-state index contributed by atoms with van der Waals surface area (Å²) < 4.78 is 18.7. The van der Waals surface area contributed by atoms with Crippen molar-refractivity contribution in [2.24, 2.45) is 7.05 Å². The quantitative estimate of drug-likeness (QED) is 0.352. The van der Waals surface area contributed by atoms with Gasteiger partial charge in [-0.05, 0) is 30.2 Å². The van der Waals surface area contributed by atoms with Crippen molar-refractivity contribution in [3.63, 3.8) is 0 Å². The number of hydrogen-bond acceptors (Lipinski definition) is 8. The highest BCUT2D eigenvalue weighted by Gasteiger charge is 2.17. The molecule has 0 radical (unpaired) electrons. The van der Waals surface area contributed by atoms with Crippen LogP contribution in [0, 0.1) is 11.3 Å². The zero-order chi connectivity index (χ0) is 24.7. The van der Waals surface area contributed by atoms with Crippen molar-refractivity contribution in [1.29, 1.82) is 5.26 Å². The van der Waals surface area contributed by atoms with Gasteiger partial charge in [0.1, 0.15) is 18.5 Å². The Labute approximate surface area is 194 Å². The molecule has 3 rings (SSSR count). The van der Waals surface area contributed by atoms with Crippen LogP contribution in [0.15, 0.2) is 33.9 Å². The van der Waals surface area contributed by atoms with E-state index in [1.807, 2.05) is 13.0 Å². The first-order valence-corrected chi connectivity index (χ1v) is 10.6. The molecule has 1 N–H and O–H groups in total. The van der Waals surface area contributed by atoms with Gasteiger partial charge in [-0.15, -0.1) is 0 Å². The van der Waals surface area contributed by atoms with Gasteiger partial charge in [0.15, 0.2) is 29.3 Å². The molecular formula is C23H25N5O6. The first-order valence-electron chi connectivity index (χ1n) is 10.6. The number of nitrogens with one attached hydrogen (secondary N) is 1. The molecule has 178 valence electrons. The Morgan fingerprint density at radius 2 is 2.09 bits per heavy atom. The summed E-state index contributed by atoms with van der Waals surface area (Å²) in [6.07, 6.45) is 4.42. The summed E-state index contributed by atoms with van der Waals surface area (Å²) in [5, 5.41) is 8.64. The fraction of sp³-hybridized carbons (Fsp3) is 0.348. The molecule has 0 atom stereocenters. The molecule has 1 aromatic carbocycles. The van der Waals surface area contributed by atoms with E-state index in [-0.39, 0.29) is 24.4 Å². The third-order valence-electron chi connectivity index (χ3n) is 5.08. The van der Waals surface area contributed by atoms with E-state index in [1.165, 1.54) is 22.3 Å². The van der Waals surface area contributed by atoms with Crippen molar-refractivity contribution in [3.05, 3.63) is 56.5 Å². The minimum atomic E-state index is -0.617. The predicted octanol–water partition coefficient (Wildman–Crippen LogP) is 1.89. The maximum absolute atomic E-state index is 12.3. The van der Waals surface area contributed by atoms with Crippen molar-refractivity contribution in [3.8, 4) is 17.6 Å². The fourth-order valence-electron chi connectivity index (χ4n) is 3.31. The molecule has 2 heterocycles. The number of aromatic amines is 1. The van der Waals surface area contributed by atoms with Crippen LogP contribution in [0.25, 0.3) is 17.2 Å². The van der Waals surface area contributed by atoms with Crippen LogP contribution < -0.4 is 20.7 Å². The molecule has 0 saturated carbocycles. The Balaban J connectivity index is 1.74. The number of hydrogen-bond donors (Lipinski definition) is 1. The van der Waals surface area contributed by atoms with E-state index in [9.17, 15) is 14.4 Å². The highest BCUT2D eigenvalue weighted by Crippen LogP contribution is 2.28. The lowest BCUT2D eigenvalue weighted by atomic mass is 10.2. The Bertz CT molecular complexity index is 1380. The summed E-state index contributed by atoms with van der Waals surface area (Å²) in [5.74, 6) is 0.551. The number of aromatic nitrogens is 4. The number of carbonyl (C=O) groups is 1. The second kappa shape index (κ2) is 11.0. The molecule has 0 saturated heterocycles. The van der Waals surface area contributed by atoms with Gasteiger partial charge < -0.3 is 18.8 Å². The van der Waals surface area contributed by atoms with Crippen LogP contribution in [0.1, 0.15) is 31.2 Å². The van der Waals surface area contributed by atoms with Gasteiger partial charge >= 0.3 is 11.7 Å². The number of benzene rings is 1. The Hall–Kier alpha value is -4.33.